The number of ketones is 1. The lowest BCUT2D eigenvalue weighted by atomic mass is 10.1. The van der Waals surface area contributed by atoms with Crippen LogP contribution in [0.4, 0.5) is 4.79 Å². The van der Waals surface area contributed by atoms with Gasteiger partial charge in [0.05, 0.1) is 0 Å². The Kier molecular flexibility index (Phi) is 8.35. The van der Waals surface area contributed by atoms with Gasteiger partial charge in [-0.2, -0.15) is 0 Å². The van der Waals surface area contributed by atoms with Crippen LogP contribution in [-0.4, -0.2) is 36.0 Å². The maximum absolute atomic E-state index is 11.7. The predicted molar refractivity (Wildman–Crippen MR) is 80.9 cm³/mol. The van der Waals surface area contributed by atoms with Gasteiger partial charge in [-0.1, -0.05) is 6.08 Å². The molecule has 0 bridgehead atoms. The second kappa shape index (κ2) is 9.15. The van der Waals surface area contributed by atoms with Crippen molar-refractivity contribution in [1.29, 1.82) is 0 Å². The van der Waals surface area contributed by atoms with E-state index in [-0.39, 0.29) is 24.7 Å². The molecule has 2 amide bonds. The molecule has 0 aromatic carbocycles. The number of ether oxygens (including phenoxy) is 1. The highest BCUT2D eigenvalue weighted by Gasteiger charge is 2.20. The van der Waals surface area contributed by atoms with Crippen molar-refractivity contribution in [3.8, 4) is 0 Å². The predicted octanol–water partition coefficient (Wildman–Crippen LogP) is 1.94. The highest BCUT2D eigenvalue weighted by atomic mass is 16.6. The smallest absolute Gasteiger partial charge is 0.408 e. The summed E-state index contributed by atoms with van der Waals surface area (Å²) in [6, 6.07) is -0.719. The third kappa shape index (κ3) is 10.6. The van der Waals surface area contributed by atoms with Gasteiger partial charge in [-0.15, -0.1) is 6.58 Å². The first-order valence-electron chi connectivity index (χ1n) is 7.05. The van der Waals surface area contributed by atoms with E-state index in [1.807, 2.05) is 0 Å². The number of rotatable bonds is 8. The fourth-order valence-corrected chi connectivity index (χ4v) is 1.42. The van der Waals surface area contributed by atoms with Gasteiger partial charge in [0.15, 0.2) is 0 Å². The molecule has 0 fully saturated rings. The largest absolute Gasteiger partial charge is 0.444 e. The number of amides is 2. The lowest BCUT2D eigenvalue weighted by Gasteiger charge is -2.21. The summed E-state index contributed by atoms with van der Waals surface area (Å²) < 4.78 is 5.05. The normalized spacial score (nSPS) is 12.2. The van der Waals surface area contributed by atoms with Gasteiger partial charge in [0, 0.05) is 19.4 Å². The molecule has 0 aliphatic rings. The zero-order chi connectivity index (χ0) is 16.5. The van der Waals surface area contributed by atoms with Crippen LogP contribution >= 0.6 is 0 Å². The number of Topliss-reactive ketones (excluding diaryl/α,β-unsaturated/α-hetero) is 1. The monoisotopic (exact) mass is 298 g/mol. The van der Waals surface area contributed by atoms with Crippen molar-refractivity contribution in [3.05, 3.63) is 12.7 Å². The van der Waals surface area contributed by atoms with Crippen LogP contribution in [0, 0.1) is 0 Å². The van der Waals surface area contributed by atoms with E-state index in [9.17, 15) is 14.4 Å². The molecule has 21 heavy (non-hydrogen) atoms. The molecule has 0 radical (unpaired) electrons. The van der Waals surface area contributed by atoms with E-state index >= 15 is 0 Å². The van der Waals surface area contributed by atoms with E-state index in [1.165, 1.54) is 0 Å². The van der Waals surface area contributed by atoms with Crippen LogP contribution in [0.15, 0.2) is 12.7 Å². The topological polar surface area (TPSA) is 84.5 Å². The Labute approximate surface area is 126 Å². The molecule has 0 unspecified atom stereocenters. The molecule has 0 saturated carbocycles. The first-order valence-corrected chi connectivity index (χ1v) is 7.05. The minimum atomic E-state index is -0.719. The zero-order valence-corrected chi connectivity index (χ0v) is 13.3. The Balaban J connectivity index is 3.97. The van der Waals surface area contributed by atoms with Crippen molar-refractivity contribution in [2.24, 2.45) is 0 Å². The first kappa shape index (κ1) is 19.1. The Bertz CT molecular complexity index is 386. The van der Waals surface area contributed by atoms with Gasteiger partial charge in [-0.25, -0.2) is 4.79 Å². The van der Waals surface area contributed by atoms with Crippen molar-refractivity contribution in [2.75, 3.05) is 6.54 Å². The Hall–Kier alpha value is -1.85. The van der Waals surface area contributed by atoms with Crippen LogP contribution in [-0.2, 0) is 14.3 Å². The van der Waals surface area contributed by atoms with E-state index in [0.717, 1.165) is 0 Å². The maximum Gasteiger partial charge on any atom is 0.408 e. The summed E-state index contributed by atoms with van der Waals surface area (Å²) in [6.07, 6.45) is 2.39. The summed E-state index contributed by atoms with van der Waals surface area (Å²) >= 11 is 0. The number of hydrogen-bond donors (Lipinski definition) is 2. The van der Waals surface area contributed by atoms with Crippen LogP contribution in [0.25, 0.3) is 0 Å². The average Bonchev–Trinajstić information content (AvgIpc) is 2.33. The van der Waals surface area contributed by atoms with Crippen molar-refractivity contribution < 1.29 is 19.1 Å². The third-order valence-electron chi connectivity index (χ3n) is 2.46. The highest BCUT2D eigenvalue weighted by molar-refractivity contribution is 5.86. The molecule has 6 heteroatoms. The first-order chi connectivity index (χ1) is 9.65. The average molecular weight is 298 g/mol. The molecule has 1 atom stereocenters. The molecule has 2 N–H and O–H groups in total. The molecular formula is C15H26N2O4. The van der Waals surface area contributed by atoms with Crippen molar-refractivity contribution >= 4 is 17.8 Å². The van der Waals surface area contributed by atoms with Crippen molar-refractivity contribution in [3.63, 3.8) is 0 Å². The summed E-state index contributed by atoms with van der Waals surface area (Å²) in [6.45, 7) is 10.6. The van der Waals surface area contributed by atoms with E-state index in [4.69, 9.17) is 4.74 Å². The molecule has 0 heterocycles. The van der Waals surface area contributed by atoms with Crippen molar-refractivity contribution in [1.82, 2.24) is 10.6 Å². The van der Waals surface area contributed by atoms with Crippen LogP contribution in [0.1, 0.15) is 47.0 Å². The van der Waals surface area contributed by atoms with Gasteiger partial charge in [-0.05, 0) is 34.1 Å². The zero-order valence-electron chi connectivity index (χ0n) is 13.3. The summed E-state index contributed by atoms with van der Waals surface area (Å²) in [5, 5.41) is 5.04. The quantitative estimate of drug-likeness (QED) is 0.671. The van der Waals surface area contributed by atoms with E-state index in [1.54, 1.807) is 33.8 Å². The fourth-order valence-electron chi connectivity index (χ4n) is 1.42. The van der Waals surface area contributed by atoms with Crippen LogP contribution in [0.2, 0.25) is 0 Å². The molecule has 120 valence electrons. The van der Waals surface area contributed by atoms with Gasteiger partial charge in [0.25, 0.3) is 0 Å². The molecular weight excluding hydrogens is 272 g/mol. The number of carbonyl (C=O) groups excluding carboxylic acids is 3. The number of allylic oxidation sites excluding steroid dienone is 1. The van der Waals surface area contributed by atoms with E-state index in [2.05, 4.69) is 17.2 Å². The molecule has 6 nitrogen and oxygen atoms in total. The fraction of sp³-hybridized carbons (Fsp3) is 0.667. The molecule has 0 aromatic heterocycles. The van der Waals surface area contributed by atoms with Gasteiger partial charge in [0.2, 0.25) is 5.91 Å². The molecule has 0 aromatic rings. The summed E-state index contributed by atoms with van der Waals surface area (Å²) in [7, 11) is 0. The van der Waals surface area contributed by atoms with Gasteiger partial charge in [0.1, 0.15) is 17.4 Å². The van der Waals surface area contributed by atoms with E-state index in [0.29, 0.717) is 12.8 Å². The Morgan fingerprint density at radius 1 is 1.24 bits per heavy atom. The number of hydrogen-bond acceptors (Lipinski definition) is 4. The van der Waals surface area contributed by atoms with Crippen LogP contribution in [0.5, 0.6) is 0 Å². The second-order valence-corrected chi connectivity index (χ2v) is 5.77. The summed E-state index contributed by atoms with van der Waals surface area (Å²) in [5.41, 5.74) is -0.613. The van der Waals surface area contributed by atoms with E-state index < -0.39 is 17.7 Å². The minimum absolute atomic E-state index is 0.0722. The van der Waals surface area contributed by atoms with Crippen LogP contribution in [0.3, 0.4) is 0 Å². The standard InChI is InChI=1S/C15H26N2O4/c1-6-7-8-12(18)9-10-16-13(19)11(2)17-14(20)21-15(3,4)5/h6,11H,1,7-10H2,2-5H3,(H,16,19)(H,17,20)/t11-/m0/s1. The SMILES string of the molecule is C=CCCC(=O)CCNC(=O)[C@H](C)NC(=O)OC(C)(C)C. The number of alkyl carbamates (subject to hydrolysis) is 1. The van der Waals surface area contributed by atoms with Gasteiger partial charge >= 0.3 is 6.09 Å². The van der Waals surface area contributed by atoms with Crippen LogP contribution < -0.4 is 10.6 Å². The van der Waals surface area contributed by atoms with Crippen molar-refractivity contribution in [2.45, 2.75) is 58.6 Å². The Morgan fingerprint density at radius 2 is 1.86 bits per heavy atom. The highest BCUT2D eigenvalue weighted by Crippen LogP contribution is 2.06. The summed E-state index contributed by atoms with van der Waals surface area (Å²) in [5.74, 6) is -0.277. The molecule has 0 saturated heterocycles. The third-order valence-corrected chi connectivity index (χ3v) is 2.46. The Morgan fingerprint density at radius 3 is 2.38 bits per heavy atom. The lowest BCUT2D eigenvalue weighted by molar-refractivity contribution is -0.123. The molecule has 0 spiro atoms. The van der Waals surface area contributed by atoms with Gasteiger partial charge in [-0.3, -0.25) is 9.59 Å². The number of nitrogens with one attached hydrogen (secondary N) is 2. The lowest BCUT2D eigenvalue weighted by Crippen LogP contribution is -2.46. The molecule has 0 rings (SSSR count). The summed E-state index contributed by atoms with van der Waals surface area (Å²) in [4.78, 5) is 34.6. The minimum Gasteiger partial charge on any atom is -0.444 e. The maximum atomic E-state index is 11.7. The van der Waals surface area contributed by atoms with Gasteiger partial charge < -0.3 is 15.4 Å². The molecule has 0 aliphatic heterocycles. The number of carbonyl (C=O) groups is 3. The second-order valence-electron chi connectivity index (χ2n) is 5.77. The molecule has 0 aliphatic carbocycles.